The first-order valence-corrected chi connectivity index (χ1v) is 7.23. The number of nitrogen functional groups attached to an aromatic ring is 1. The highest BCUT2D eigenvalue weighted by molar-refractivity contribution is 7.18. The van der Waals surface area contributed by atoms with E-state index in [-0.39, 0.29) is 0 Å². The van der Waals surface area contributed by atoms with Gasteiger partial charge < -0.3 is 10.5 Å². The molecule has 2 aromatic heterocycles. The van der Waals surface area contributed by atoms with E-state index in [2.05, 4.69) is 23.0 Å². The third-order valence-electron chi connectivity index (χ3n) is 3.15. The molecule has 0 spiro atoms. The number of thiophene rings is 1. The molecule has 0 saturated heterocycles. The van der Waals surface area contributed by atoms with Gasteiger partial charge in [-0.25, -0.2) is 9.97 Å². The smallest absolute Gasteiger partial charge is 0.163 e. The van der Waals surface area contributed by atoms with Crippen LogP contribution in [0.3, 0.4) is 0 Å². The third kappa shape index (κ3) is 2.20. The van der Waals surface area contributed by atoms with Crippen molar-refractivity contribution in [3.8, 4) is 17.1 Å². The Balaban J connectivity index is 2.15. The number of nitrogens with two attached hydrogens (primary N) is 1. The predicted octanol–water partition coefficient (Wildman–Crippen LogP) is 3.51. The molecule has 0 amide bonds. The number of ether oxygens (including phenoxy) is 1. The first kappa shape index (κ1) is 12.9. The zero-order chi connectivity index (χ0) is 14.1. The summed E-state index contributed by atoms with van der Waals surface area (Å²) in [5.74, 6) is 1.95. The van der Waals surface area contributed by atoms with Gasteiger partial charge in [0.05, 0.1) is 12.5 Å². The average molecular weight is 285 g/mol. The molecule has 2 heterocycles. The summed E-state index contributed by atoms with van der Waals surface area (Å²) in [6.07, 6.45) is 0.981. The molecule has 3 rings (SSSR count). The standard InChI is InChI=1S/C15H15N3OS/c1-3-11-8-12-13(16)17-14(18-15(12)20-11)9-5-4-6-10(7-9)19-2/h4-8H,3H2,1-2H3,(H2,16,17,18). The Hall–Kier alpha value is -2.14. The molecule has 0 aliphatic carbocycles. The highest BCUT2D eigenvalue weighted by Gasteiger charge is 2.11. The molecule has 4 nitrogen and oxygen atoms in total. The van der Waals surface area contributed by atoms with E-state index in [1.54, 1.807) is 18.4 Å². The van der Waals surface area contributed by atoms with E-state index in [4.69, 9.17) is 10.5 Å². The van der Waals surface area contributed by atoms with Gasteiger partial charge in [-0.15, -0.1) is 11.3 Å². The molecular formula is C15H15N3OS. The van der Waals surface area contributed by atoms with Crippen LogP contribution in [0, 0.1) is 0 Å². The van der Waals surface area contributed by atoms with Crippen molar-refractivity contribution in [3.63, 3.8) is 0 Å². The van der Waals surface area contributed by atoms with Crippen LogP contribution >= 0.6 is 11.3 Å². The highest BCUT2D eigenvalue weighted by atomic mass is 32.1. The molecule has 20 heavy (non-hydrogen) atoms. The van der Waals surface area contributed by atoms with E-state index in [1.165, 1.54) is 4.88 Å². The number of nitrogens with zero attached hydrogens (tertiary/aromatic N) is 2. The molecule has 0 fully saturated rings. The molecule has 3 aromatic rings. The van der Waals surface area contributed by atoms with Gasteiger partial charge >= 0.3 is 0 Å². The minimum absolute atomic E-state index is 0.531. The highest BCUT2D eigenvalue weighted by Crippen LogP contribution is 2.30. The number of aryl methyl sites for hydroxylation is 1. The van der Waals surface area contributed by atoms with Crippen LogP contribution in [0.2, 0.25) is 0 Å². The normalized spacial score (nSPS) is 10.9. The van der Waals surface area contributed by atoms with Gasteiger partial charge in [0.2, 0.25) is 0 Å². The molecule has 0 atom stereocenters. The van der Waals surface area contributed by atoms with Gasteiger partial charge in [-0.05, 0) is 24.6 Å². The molecule has 2 N–H and O–H groups in total. The Morgan fingerprint density at radius 3 is 2.85 bits per heavy atom. The molecule has 0 aliphatic rings. The summed E-state index contributed by atoms with van der Waals surface area (Å²) in [6.45, 7) is 2.12. The summed E-state index contributed by atoms with van der Waals surface area (Å²) in [4.78, 5) is 11.2. The third-order valence-corrected chi connectivity index (χ3v) is 4.32. The fourth-order valence-corrected chi connectivity index (χ4v) is 3.03. The lowest BCUT2D eigenvalue weighted by Gasteiger charge is -2.04. The minimum Gasteiger partial charge on any atom is -0.497 e. The van der Waals surface area contributed by atoms with Gasteiger partial charge in [-0.1, -0.05) is 19.1 Å². The van der Waals surface area contributed by atoms with Gasteiger partial charge in [0, 0.05) is 10.4 Å². The number of anilines is 1. The zero-order valence-electron chi connectivity index (χ0n) is 11.4. The number of methoxy groups -OCH3 is 1. The lowest BCUT2D eigenvalue weighted by Crippen LogP contribution is -1.96. The minimum atomic E-state index is 0.531. The fourth-order valence-electron chi connectivity index (χ4n) is 2.06. The first-order valence-electron chi connectivity index (χ1n) is 6.41. The van der Waals surface area contributed by atoms with Crippen LogP contribution in [0.1, 0.15) is 11.8 Å². The van der Waals surface area contributed by atoms with E-state index >= 15 is 0 Å². The van der Waals surface area contributed by atoms with Gasteiger partial charge in [0.25, 0.3) is 0 Å². The lowest BCUT2D eigenvalue weighted by molar-refractivity contribution is 0.415. The van der Waals surface area contributed by atoms with Crippen molar-refractivity contribution in [2.45, 2.75) is 13.3 Å². The number of rotatable bonds is 3. The summed E-state index contributed by atoms with van der Waals surface area (Å²) in [5.41, 5.74) is 6.96. The van der Waals surface area contributed by atoms with Crippen molar-refractivity contribution in [2.24, 2.45) is 0 Å². The molecular weight excluding hydrogens is 270 g/mol. The van der Waals surface area contributed by atoms with Gasteiger partial charge in [0.15, 0.2) is 5.82 Å². The molecule has 0 aliphatic heterocycles. The van der Waals surface area contributed by atoms with Crippen LogP contribution < -0.4 is 10.5 Å². The van der Waals surface area contributed by atoms with E-state index < -0.39 is 0 Å². The van der Waals surface area contributed by atoms with Crippen LogP contribution in [0.15, 0.2) is 30.3 Å². The Kier molecular flexibility index (Phi) is 3.28. The molecule has 0 radical (unpaired) electrons. The van der Waals surface area contributed by atoms with Crippen molar-refractivity contribution in [3.05, 3.63) is 35.2 Å². The number of hydrogen-bond donors (Lipinski definition) is 1. The van der Waals surface area contributed by atoms with Gasteiger partial charge in [-0.2, -0.15) is 0 Å². The molecule has 0 unspecified atom stereocenters. The summed E-state index contributed by atoms with van der Waals surface area (Å²) < 4.78 is 5.23. The fraction of sp³-hybridized carbons (Fsp3) is 0.200. The van der Waals surface area contributed by atoms with Crippen LogP contribution in [0.25, 0.3) is 21.6 Å². The Bertz CT molecular complexity index is 767. The Labute approximate surface area is 121 Å². The lowest BCUT2D eigenvalue weighted by atomic mass is 10.2. The maximum absolute atomic E-state index is 6.06. The SMILES string of the molecule is CCc1cc2c(N)nc(-c3cccc(OC)c3)nc2s1. The van der Waals surface area contributed by atoms with Crippen molar-refractivity contribution in [1.29, 1.82) is 0 Å². The van der Waals surface area contributed by atoms with Crippen LogP contribution in [0.5, 0.6) is 5.75 Å². The van der Waals surface area contributed by atoms with E-state index in [0.717, 1.165) is 28.0 Å². The quantitative estimate of drug-likeness (QED) is 0.800. The van der Waals surface area contributed by atoms with Crippen LogP contribution in [-0.4, -0.2) is 17.1 Å². The first-order chi connectivity index (χ1) is 9.71. The summed E-state index contributed by atoms with van der Waals surface area (Å²) >= 11 is 1.67. The number of hydrogen-bond acceptors (Lipinski definition) is 5. The van der Waals surface area contributed by atoms with E-state index in [9.17, 15) is 0 Å². The van der Waals surface area contributed by atoms with Crippen LogP contribution in [0.4, 0.5) is 5.82 Å². The molecule has 102 valence electrons. The molecule has 5 heteroatoms. The second-order valence-electron chi connectivity index (χ2n) is 4.45. The Morgan fingerprint density at radius 2 is 2.10 bits per heavy atom. The average Bonchev–Trinajstić information content (AvgIpc) is 2.91. The second-order valence-corrected chi connectivity index (χ2v) is 5.56. The summed E-state index contributed by atoms with van der Waals surface area (Å²) in [5, 5.41) is 0.943. The predicted molar refractivity (Wildman–Crippen MR) is 83.2 cm³/mol. The molecule has 0 bridgehead atoms. The number of aromatic nitrogens is 2. The second kappa shape index (κ2) is 5.09. The zero-order valence-corrected chi connectivity index (χ0v) is 12.2. The largest absolute Gasteiger partial charge is 0.497 e. The maximum Gasteiger partial charge on any atom is 0.163 e. The van der Waals surface area contributed by atoms with Crippen molar-refractivity contribution in [1.82, 2.24) is 9.97 Å². The van der Waals surface area contributed by atoms with Crippen LogP contribution in [-0.2, 0) is 6.42 Å². The maximum atomic E-state index is 6.06. The molecule has 1 aromatic carbocycles. The Morgan fingerprint density at radius 1 is 1.25 bits per heavy atom. The number of benzene rings is 1. The summed E-state index contributed by atoms with van der Waals surface area (Å²) in [6, 6.07) is 9.76. The van der Waals surface area contributed by atoms with Crippen molar-refractivity contribution >= 4 is 27.4 Å². The van der Waals surface area contributed by atoms with Gasteiger partial charge in [-0.3, -0.25) is 0 Å². The van der Waals surface area contributed by atoms with Gasteiger partial charge in [0.1, 0.15) is 16.4 Å². The summed E-state index contributed by atoms with van der Waals surface area (Å²) in [7, 11) is 1.64. The van der Waals surface area contributed by atoms with E-state index in [1.807, 2.05) is 24.3 Å². The monoisotopic (exact) mass is 285 g/mol. The van der Waals surface area contributed by atoms with Crippen molar-refractivity contribution in [2.75, 3.05) is 12.8 Å². The van der Waals surface area contributed by atoms with E-state index in [0.29, 0.717) is 11.6 Å². The molecule has 0 saturated carbocycles. The van der Waals surface area contributed by atoms with Crippen molar-refractivity contribution < 1.29 is 4.74 Å². The topological polar surface area (TPSA) is 61.0 Å². The number of fused-ring (bicyclic) bond motifs is 1.